The minimum absolute atomic E-state index is 0.232. The lowest BCUT2D eigenvalue weighted by atomic mass is 10.1. The molecule has 0 radical (unpaired) electrons. The molecule has 2 unspecified atom stereocenters. The zero-order valence-electron chi connectivity index (χ0n) is 12.1. The first-order chi connectivity index (χ1) is 8.79. The van der Waals surface area contributed by atoms with E-state index in [0.29, 0.717) is 0 Å². The first kappa shape index (κ1) is 15.7. The Morgan fingerprint density at radius 3 is 2.37 bits per heavy atom. The fourth-order valence-corrected chi connectivity index (χ4v) is 1.65. The van der Waals surface area contributed by atoms with Crippen LogP contribution in [0.25, 0.3) is 0 Å². The van der Waals surface area contributed by atoms with Crippen molar-refractivity contribution in [3.05, 3.63) is 35.9 Å². The third-order valence-corrected chi connectivity index (χ3v) is 2.54. The van der Waals surface area contributed by atoms with E-state index in [2.05, 4.69) is 0 Å². The van der Waals surface area contributed by atoms with Gasteiger partial charge in [0.15, 0.2) is 0 Å². The summed E-state index contributed by atoms with van der Waals surface area (Å²) in [6.07, 6.45) is -0.386. The number of hydrogen-bond acceptors (Lipinski definition) is 4. The molecule has 0 amide bonds. The largest absolute Gasteiger partial charge is 0.460 e. The summed E-state index contributed by atoms with van der Waals surface area (Å²) in [4.78, 5) is 11.8. The second kappa shape index (κ2) is 6.68. The molecule has 2 N–H and O–H groups in total. The average Bonchev–Trinajstić information content (AvgIpc) is 2.34. The molecule has 0 saturated heterocycles. The number of esters is 1. The van der Waals surface area contributed by atoms with Crippen LogP contribution in [0, 0.1) is 0 Å². The van der Waals surface area contributed by atoms with Gasteiger partial charge in [0, 0.05) is 0 Å². The van der Waals surface area contributed by atoms with Crippen LogP contribution in [0.15, 0.2) is 30.3 Å². The number of ether oxygens (including phenoxy) is 2. The van der Waals surface area contributed by atoms with E-state index >= 15 is 0 Å². The van der Waals surface area contributed by atoms with E-state index in [0.717, 1.165) is 5.56 Å². The topological polar surface area (TPSA) is 61.5 Å². The number of benzene rings is 1. The predicted octanol–water partition coefficient (Wildman–Crippen LogP) is 2.26. The molecule has 0 aliphatic carbocycles. The van der Waals surface area contributed by atoms with Crippen LogP contribution in [-0.2, 0) is 20.9 Å². The first-order valence-corrected chi connectivity index (χ1v) is 6.43. The number of carbonyl (C=O) groups is 1. The van der Waals surface area contributed by atoms with Crippen LogP contribution in [-0.4, -0.2) is 23.7 Å². The molecule has 0 heterocycles. The standard InChI is InChI=1S/C15H23NO3/c1-11(19-15(2,3)4)13(16)14(17)18-10-12-8-6-5-7-9-12/h5-9,11,13H,10,16H2,1-4H3. The summed E-state index contributed by atoms with van der Waals surface area (Å²) < 4.78 is 10.8. The summed E-state index contributed by atoms with van der Waals surface area (Å²) in [5, 5.41) is 0. The van der Waals surface area contributed by atoms with E-state index in [1.807, 2.05) is 51.1 Å². The van der Waals surface area contributed by atoms with E-state index in [1.165, 1.54) is 0 Å². The van der Waals surface area contributed by atoms with E-state index in [4.69, 9.17) is 15.2 Å². The highest BCUT2D eigenvalue weighted by Gasteiger charge is 2.26. The van der Waals surface area contributed by atoms with Crippen molar-refractivity contribution in [2.75, 3.05) is 0 Å². The summed E-state index contributed by atoms with van der Waals surface area (Å²) in [5.41, 5.74) is 6.43. The molecule has 1 rings (SSSR count). The van der Waals surface area contributed by atoms with Gasteiger partial charge in [0.25, 0.3) is 0 Å². The van der Waals surface area contributed by atoms with Gasteiger partial charge in [-0.2, -0.15) is 0 Å². The normalized spacial score (nSPS) is 14.8. The minimum atomic E-state index is -0.775. The van der Waals surface area contributed by atoms with Gasteiger partial charge in [-0.1, -0.05) is 30.3 Å². The molecule has 0 spiro atoms. The smallest absolute Gasteiger partial charge is 0.325 e. The Bertz CT molecular complexity index is 398. The van der Waals surface area contributed by atoms with Crippen molar-refractivity contribution < 1.29 is 14.3 Å². The molecule has 0 bridgehead atoms. The van der Waals surface area contributed by atoms with Gasteiger partial charge < -0.3 is 15.2 Å². The fourth-order valence-electron chi connectivity index (χ4n) is 1.65. The Morgan fingerprint density at radius 1 is 1.26 bits per heavy atom. The van der Waals surface area contributed by atoms with Crippen LogP contribution in [0.4, 0.5) is 0 Å². The third-order valence-electron chi connectivity index (χ3n) is 2.54. The molecule has 0 aromatic heterocycles. The summed E-state index contributed by atoms with van der Waals surface area (Å²) in [5.74, 6) is -0.444. The quantitative estimate of drug-likeness (QED) is 0.830. The second-order valence-electron chi connectivity index (χ2n) is 5.55. The number of carbonyl (C=O) groups excluding carboxylic acids is 1. The van der Waals surface area contributed by atoms with Crippen molar-refractivity contribution >= 4 is 5.97 Å². The van der Waals surface area contributed by atoms with E-state index in [9.17, 15) is 4.79 Å². The maximum atomic E-state index is 11.8. The molecular formula is C15H23NO3. The average molecular weight is 265 g/mol. The monoisotopic (exact) mass is 265 g/mol. The molecule has 19 heavy (non-hydrogen) atoms. The zero-order chi connectivity index (χ0) is 14.5. The van der Waals surface area contributed by atoms with Gasteiger partial charge in [-0.3, -0.25) is 4.79 Å². The highest BCUT2D eigenvalue weighted by Crippen LogP contribution is 2.13. The molecule has 2 atom stereocenters. The lowest BCUT2D eigenvalue weighted by Crippen LogP contribution is -2.45. The van der Waals surface area contributed by atoms with Crippen molar-refractivity contribution in [2.24, 2.45) is 5.73 Å². The minimum Gasteiger partial charge on any atom is -0.460 e. The van der Waals surface area contributed by atoms with Crippen molar-refractivity contribution in [2.45, 2.75) is 52.0 Å². The molecule has 4 nitrogen and oxygen atoms in total. The molecule has 0 aliphatic heterocycles. The Labute approximate surface area is 114 Å². The Kier molecular flexibility index (Phi) is 5.51. The molecule has 0 aliphatic rings. The lowest BCUT2D eigenvalue weighted by molar-refractivity contribution is -0.153. The molecule has 0 fully saturated rings. The van der Waals surface area contributed by atoms with Crippen LogP contribution in [0.3, 0.4) is 0 Å². The van der Waals surface area contributed by atoms with Crippen molar-refractivity contribution in [3.8, 4) is 0 Å². The first-order valence-electron chi connectivity index (χ1n) is 6.43. The third kappa shape index (κ3) is 5.85. The number of hydrogen-bond donors (Lipinski definition) is 1. The molecule has 1 aromatic rings. The number of rotatable bonds is 5. The molecule has 1 aromatic carbocycles. The summed E-state index contributed by atoms with van der Waals surface area (Å²) in [7, 11) is 0. The van der Waals surface area contributed by atoms with Gasteiger partial charge in [0.1, 0.15) is 12.6 Å². The van der Waals surface area contributed by atoms with Crippen LogP contribution >= 0.6 is 0 Å². The highest BCUT2D eigenvalue weighted by atomic mass is 16.5. The predicted molar refractivity (Wildman–Crippen MR) is 74.5 cm³/mol. The Morgan fingerprint density at radius 2 is 1.84 bits per heavy atom. The highest BCUT2D eigenvalue weighted by molar-refractivity contribution is 5.76. The summed E-state index contributed by atoms with van der Waals surface area (Å²) >= 11 is 0. The van der Waals surface area contributed by atoms with Crippen molar-refractivity contribution in [1.82, 2.24) is 0 Å². The van der Waals surface area contributed by atoms with Crippen LogP contribution < -0.4 is 5.73 Å². The van der Waals surface area contributed by atoms with Crippen LogP contribution in [0.2, 0.25) is 0 Å². The van der Waals surface area contributed by atoms with Gasteiger partial charge in [-0.05, 0) is 33.3 Å². The Hall–Kier alpha value is -1.39. The zero-order valence-corrected chi connectivity index (χ0v) is 12.1. The summed E-state index contributed by atoms with van der Waals surface area (Å²) in [6, 6.07) is 8.73. The Balaban J connectivity index is 2.44. The lowest BCUT2D eigenvalue weighted by Gasteiger charge is -2.27. The number of nitrogens with two attached hydrogens (primary N) is 1. The molecule has 106 valence electrons. The van der Waals surface area contributed by atoms with Gasteiger partial charge in [0.05, 0.1) is 11.7 Å². The van der Waals surface area contributed by atoms with Crippen LogP contribution in [0.5, 0.6) is 0 Å². The van der Waals surface area contributed by atoms with Crippen LogP contribution in [0.1, 0.15) is 33.3 Å². The van der Waals surface area contributed by atoms with Crippen molar-refractivity contribution in [3.63, 3.8) is 0 Å². The maximum absolute atomic E-state index is 11.8. The van der Waals surface area contributed by atoms with E-state index < -0.39 is 12.0 Å². The SMILES string of the molecule is CC(OC(C)(C)C)C(N)C(=O)OCc1ccccc1. The molecule has 0 saturated carbocycles. The van der Waals surface area contributed by atoms with E-state index in [-0.39, 0.29) is 18.3 Å². The van der Waals surface area contributed by atoms with Gasteiger partial charge in [-0.15, -0.1) is 0 Å². The van der Waals surface area contributed by atoms with Crippen molar-refractivity contribution in [1.29, 1.82) is 0 Å². The summed E-state index contributed by atoms with van der Waals surface area (Å²) in [6.45, 7) is 7.78. The van der Waals surface area contributed by atoms with E-state index in [1.54, 1.807) is 6.92 Å². The molecule has 4 heteroatoms. The van der Waals surface area contributed by atoms with Gasteiger partial charge in [-0.25, -0.2) is 0 Å². The molecular weight excluding hydrogens is 242 g/mol. The fraction of sp³-hybridized carbons (Fsp3) is 0.533. The van der Waals surface area contributed by atoms with Gasteiger partial charge >= 0.3 is 5.97 Å². The maximum Gasteiger partial charge on any atom is 0.325 e. The van der Waals surface area contributed by atoms with Gasteiger partial charge in [0.2, 0.25) is 0 Å². The second-order valence-corrected chi connectivity index (χ2v) is 5.55.